The van der Waals surface area contributed by atoms with Crippen LogP contribution in [0.4, 0.5) is 4.39 Å². The molecule has 4 rings (SSSR count). The maximum Gasteiger partial charge on any atom is 0.231 e. The van der Waals surface area contributed by atoms with Crippen LogP contribution in [0.2, 0.25) is 0 Å². The van der Waals surface area contributed by atoms with Gasteiger partial charge in [0.25, 0.3) is 0 Å². The van der Waals surface area contributed by atoms with Crippen LogP contribution in [0.25, 0.3) is 0 Å². The van der Waals surface area contributed by atoms with Crippen molar-refractivity contribution in [2.75, 3.05) is 33.0 Å². The molecular formula is C26H34FNO3. The summed E-state index contributed by atoms with van der Waals surface area (Å²) in [7, 11) is 0. The molecule has 0 amide bonds. The fourth-order valence-corrected chi connectivity index (χ4v) is 4.74. The Morgan fingerprint density at radius 3 is 2.65 bits per heavy atom. The number of piperidine rings is 1. The summed E-state index contributed by atoms with van der Waals surface area (Å²) >= 11 is 0. The van der Waals surface area contributed by atoms with E-state index in [0.29, 0.717) is 18.4 Å². The Morgan fingerprint density at radius 1 is 1.00 bits per heavy atom. The van der Waals surface area contributed by atoms with Crippen molar-refractivity contribution in [2.45, 2.75) is 51.4 Å². The van der Waals surface area contributed by atoms with E-state index in [1.54, 1.807) is 12.1 Å². The minimum absolute atomic E-state index is 0.179. The van der Waals surface area contributed by atoms with Crippen LogP contribution in [0.15, 0.2) is 42.5 Å². The number of fused-ring (bicyclic) bond motifs is 1. The average molecular weight is 428 g/mol. The van der Waals surface area contributed by atoms with Gasteiger partial charge in [-0.05, 0) is 61.7 Å². The zero-order valence-electron chi connectivity index (χ0n) is 18.5. The summed E-state index contributed by atoms with van der Waals surface area (Å²) in [6.07, 6.45) is 7.59. The van der Waals surface area contributed by atoms with Gasteiger partial charge >= 0.3 is 0 Å². The summed E-state index contributed by atoms with van der Waals surface area (Å²) in [5, 5.41) is 0. The third-order valence-corrected chi connectivity index (χ3v) is 6.50. The van der Waals surface area contributed by atoms with Crippen LogP contribution in [0.5, 0.6) is 17.2 Å². The van der Waals surface area contributed by atoms with E-state index in [2.05, 4.69) is 11.8 Å². The van der Waals surface area contributed by atoms with Gasteiger partial charge in [-0.2, -0.15) is 0 Å². The van der Waals surface area contributed by atoms with Gasteiger partial charge in [-0.3, -0.25) is 0 Å². The van der Waals surface area contributed by atoms with Crippen LogP contribution < -0.4 is 14.2 Å². The van der Waals surface area contributed by atoms with Gasteiger partial charge in [0.15, 0.2) is 11.5 Å². The molecule has 0 bridgehead atoms. The molecule has 2 aliphatic rings. The fourth-order valence-electron chi connectivity index (χ4n) is 4.74. The van der Waals surface area contributed by atoms with E-state index in [1.165, 1.54) is 37.7 Å². The lowest BCUT2D eigenvalue weighted by atomic mass is 9.80. The maximum atomic E-state index is 13.5. The second-order valence-electron chi connectivity index (χ2n) is 8.75. The normalized spacial score (nSPS) is 20.7. The molecule has 0 saturated carbocycles. The predicted molar refractivity (Wildman–Crippen MR) is 121 cm³/mol. The molecule has 168 valence electrons. The summed E-state index contributed by atoms with van der Waals surface area (Å²) in [6, 6.07) is 12.8. The zero-order valence-corrected chi connectivity index (χ0v) is 18.5. The molecule has 0 aliphatic carbocycles. The van der Waals surface area contributed by atoms with E-state index in [9.17, 15) is 4.39 Å². The second kappa shape index (κ2) is 10.9. The lowest BCUT2D eigenvalue weighted by Gasteiger charge is -2.39. The maximum absolute atomic E-state index is 13.5. The quantitative estimate of drug-likeness (QED) is 0.435. The molecule has 4 nitrogen and oxygen atoms in total. The summed E-state index contributed by atoms with van der Waals surface area (Å²) in [5.74, 6) is 2.87. The number of hydrogen-bond donors (Lipinski definition) is 0. The fraction of sp³-hybridized carbons (Fsp3) is 0.538. The highest BCUT2D eigenvalue weighted by molar-refractivity contribution is 5.46. The molecule has 0 radical (unpaired) electrons. The molecule has 0 aromatic heterocycles. The van der Waals surface area contributed by atoms with Crippen molar-refractivity contribution in [1.29, 1.82) is 0 Å². The summed E-state index contributed by atoms with van der Waals surface area (Å²) in [4.78, 5) is 2.58. The smallest absolute Gasteiger partial charge is 0.231 e. The first-order chi connectivity index (χ1) is 15.2. The summed E-state index contributed by atoms with van der Waals surface area (Å²) < 4.78 is 30.5. The van der Waals surface area contributed by atoms with E-state index in [-0.39, 0.29) is 12.6 Å². The van der Waals surface area contributed by atoms with Crippen LogP contribution >= 0.6 is 0 Å². The first kappa shape index (κ1) is 21.9. The molecular weight excluding hydrogens is 393 g/mol. The van der Waals surface area contributed by atoms with Crippen LogP contribution in [0, 0.1) is 11.7 Å². The average Bonchev–Trinajstić information content (AvgIpc) is 3.26. The van der Waals surface area contributed by atoms with Gasteiger partial charge in [-0.1, -0.05) is 44.7 Å². The standard InChI is InChI=1S/C26H34FNO3/c1-2-3-4-5-6-14-28-15-13-24(20-7-9-22(27)10-8-20)21(17-28)18-29-23-11-12-25-26(16-23)31-19-30-25/h7-12,16,21,24H,2-6,13-15,17-19H2,1H3/t21-,24-/m1/s1. The van der Waals surface area contributed by atoms with Crippen LogP contribution in [-0.2, 0) is 0 Å². The molecule has 0 N–H and O–H groups in total. The zero-order chi connectivity index (χ0) is 21.5. The van der Waals surface area contributed by atoms with Crippen LogP contribution in [-0.4, -0.2) is 37.9 Å². The van der Waals surface area contributed by atoms with Gasteiger partial charge in [0.2, 0.25) is 6.79 Å². The molecule has 2 heterocycles. The molecule has 5 heteroatoms. The van der Waals surface area contributed by atoms with Crippen molar-refractivity contribution < 1.29 is 18.6 Å². The molecule has 2 atom stereocenters. The number of likely N-dealkylation sites (tertiary alicyclic amines) is 1. The number of rotatable bonds is 10. The van der Waals surface area contributed by atoms with Gasteiger partial charge < -0.3 is 19.1 Å². The number of nitrogens with zero attached hydrogens (tertiary/aromatic N) is 1. The Kier molecular flexibility index (Phi) is 7.68. The number of benzene rings is 2. The third-order valence-electron chi connectivity index (χ3n) is 6.50. The van der Waals surface area contributed by atoms with E-state index >= 15 is 0 Å². The Labute approximate surface area is 185 Å². The minimum Gasteiger partial charge on any atom is -0.493 e. The predicted octanol–water partition coefficient (Wildman–Crippen LogP) is 6.01. The molecule has 2 aromatic carbocycles. The Morgan fingerprint density at radius 2 is 1.81 bits per heavy atom. The molecule has 2 aliphatic heterocycles. The Bertz CT molecular complexity index is 826. The van der Waals surface area contributed by atoms with Crippen molar-refractivity contribution in [2.24, 2.45) is 5.92 Å². The van der Waals surface area contributed by atoms with E-state index in [4.69, 9.17) is 14.2 Å². The van der Waals surface area contributed by atoms with Gasteiger partial charge in [0.1, 0.15) is 11.6 Å². The number of ether oxygens (including phenoxy) is 3. The molecule has 0 unspecified atom stereocenters. The molecule has 0 spiro atoms. The van der Waals surface area contributed by atoms with E-state index in [1.807, 2.05) is 30.3 Å². The highest BCUT2D eigenvalue weighted by Crippen LogP contribution is 2.37. The Balaban J connectivity index is 1.39. The van der Waals surface area contributed by atoms with Crippen molar-refractivity contribution >= 4 is 0 Å². The number of halogens is 1. The van der Waals surface area contributed by atoms with Gasteiger partial charge in [-0.25, -0.2) is 4.39 Å². The SMILES string of the molecule is CCCCCCCN1CC[C@H](c2ccc(F)cc2)[C@@H](COc2ccc3c(c2)OCO3)C1. The van der Waals surface area contributed by atoms with Crippen molar-refractivity contribution in [3.05, 3.63) is 53.8 Å². The molecule has 2 aromatic rings. The van der Waals surface area contributed by atoms with E-state index in [0.717, 1.165) is 43.3 Å². The van der Waals surface area contributed by atoms with Gasteiger partial charge in [0.05, 0.1) is 6.61 Å². The number of unbranched alkanes of at least 4 members (excludes halogenated alkanes) is 4. The van der Waals surface area contributed by atoms with Crippen LogP contribution in [0.1, 0.15) is 56.9 Å². The Hall–Kier alpha value is -2.27. The topological polar surface area (TPSA) is 30.9 Å². The van der Waals surface area contributed by atoms with E-state index < -0.39 is 0 Å². The first-order valence-corrected chi connectivity index (χ1v) is 11.7. The highest BCUT2D eigenvalue weighted by atomic mass is 19.1. The molecule has 1 fully saturated rings. The summed E-state index contributed by atoms with van der Waals surface area (Å²) in [5.41, 5.74) is 1.21. The lowest BCUT2D eigenvalue weighted by Crippen LogP contribution is -2.42. The number of hydrogen-bond acceptors (Lipinski definition) is 4. The lowest BCUT2D eigenvalue weighted by molar-refractivity contribution is 0.109. The van der Waals surface area contributed by atoms with Gasteiger partial charge in [0, 0.05) is 18.5 Å². The van der Waals surface area contributed by atoms with Crippen molar-refractivity contribution in [3.63, 3.8) is 0 Å². The minimum atomic E-state index is -0.179. The van der Waals surface area contributed by atoms with Crippen LogP contribution in [0.3, 0.4) is 0 Å². The first-order valence-electron chi connectivity index (χ1n) is 11.7. The summed E-state index contributed by atoms with van der Waals surface area (Å²) in [6.45, 7) is 6.41. The third kappa shape index (κ3) is 5.91. The van der Waals surface area contributed by atoms with Gasteiger partial charge in [-0.15, -0.1) is 0 Å². The largest absolute Gasteiger partial charge is 0.493 e. The molecule has 31 heavy (non-hydrogen) atoms. The van der Waals surface area contributed by atoms with Crippen molar-refractivity contribution in [1.82, 2.24) is 4.90 Å². The second-order valence-corrected chi connectivity index (χ2v) is 8.75. The highest BCUT2D eigenvalue weighted by Gasteiger charge is 2.31. The van der Waals surface area contributed by atoms with Crippen molar-refractivity contribution in [3.8, 4) is 17.2 Å². The molecule has 1 saturated heterocycles. The monoisotopic (exact) mass is 427 g/mol.